The molecule has 4 aliphatic rings. The van der Waals surface area contributed by atoms with Crippen LogP contribution in [0.2, 0.25) is 0 Å². The molecule has 10 atom stereocenters. The number of allylic oxidation sites excluding steroid dienone is 1. The zero-order valence-corrected chi connectivity index (χ0v) is 54.5. The summed E-state index contributed by atoms with van der Waals surface area (Å²) in [6, 6.07) is 1.20. The SMILES string of the molecule is C=C(NC(=O)c1csc(-c2nc3c(cc2O)-c2nc(cs2)C(=O)NC(C(C)O)C(=O)N/C(=C\C)c2nc(cs2)C(=O)NC2c4nc(cs4)C(=O)NC(COC(=O)c4c5c6c(cccc6n4O)COC(=O)C(O[C@@H]4O[C@@H](CO)C[C@H](OC)[C@H]4OC)C2OC5)c2nc-3cs2)n1)C(N)=O. The number of thiazole rings is 5. The molecule has 0 radical (unpaired) electrons. The van der Waals surface area contributed by atoms with Crippen molar-refractivity contribution in [1.82, 2.24) is 61.2 Å². The van der Waals surface area contributed by atoms with Crippen molar-refractivity contribution in [1.29, 1.82) is 0 Å². The number of aliphatic hydroxyl groups excluding tert-OH is 2. The summed E-state index contributed by atoms with van der Waals surface area (Å²) in [6.07, 6.45) is -8.04. The molecule has 500 valence electrons. The molecule has 1 saturated heterocycles. The molecule has 6 unspecified atom stereocenters. The molecule has 12 bridgehead atoms. The minimum atomic E-state index is -1.98. The van der Waals surface area contributed by atoms with Crippen LogP contribution < -0.4 is 32.3 Å². The highest BCUT2D eigenvalue weighted by Gasteiger charge is 2.49. The molecular weight excluding hydrogens is 1360 g/mol. The smallest absolute Gasteiger partial charge is 0.358 e. The molecule has 12 rings (SSSR count). The molecule has 1 fully saturated rings. The summed E-state index contributed by atoms with van der Waals surface area (Å²) in [5, 5.41) is 65.6. The second-order valence-electron chi connectivity index (χ2n) is 21.7. The second kappa shape index (κ2) is 27.8. The van der Waals surface area contributed by atoms with Crippen LogP contribution in [0.1, 0.15) is 111 Å². The van der Waals surface area contributed by atoms with Crippen molar-refractivity contribution >= 4 is 121 Å². The first-order valence-corrected chi connectivity index (χ1v) is 33.2. The number of hydrogen-bond acceptors (Lipinski definition) is 30. The quantitative estimate of drug-likeness (QED) is 0.0533. The molecule has 0 aliphatic carbocycles. The highest BCUT2D eigenvalue weighted by Crippen LogP contribution is 2.43. The van der Waals surface area contributed by atoms with Crippen LogP contribution in [-0.4, -0.2) is 179 Å². The number of nitrogens with one attached hydrogen (secondary N) is 5. The Hall–Kier alpha value is -9.38. The first-order chi connectivity index (χ1) is 46.1. The van der Waals surface area contributed by atoms with Gasteiger partial charge in [-0.2, -0.15) is 4.73 Å². The Morgan fingerprint density at radius 2 is 1.53 bits per heavy atom. The fourth-order valence-electron chi connectivity index (χ4n) is 10.8. The number of primary amides is 1. The molecule has 6 amide bonds. The van der Waals surface area contributed by atoms with E-state index in [1.165, 1.54) is 66.3 Å². The van der Waals surface area contributed by atoms with Gasteiger partial charge in [-0.3, -0.25) is 28.8 Å². The zero-order valence-electron chi connectivity index (χ0n) is 50.5. The number of pyridine rings is 1. The van der Waals surface area contributed by atoms with E-state index in [1.54, 1.807) is 19.1 Å². The van der Waals surface area contributed by atoms with Crippen molar-refractivity contribution in [3.05, 3.63) is 124 Å². The van der Waals surface area contributed by atoms with Crippen LogP contribution in [0.15, 0.2) is 69.5 Å². The van der Waals surface area contributed by atoms with E-state index in [0.717, 1.165) is 56.7 Å². The number of carbonyl (C=O) groups is 8. The van der Waals surface area contributed by atoms with Crippen molar-refractivity contribution in [2.75, 3.05) is 27.4 Å². The molecule has 1 aromatic carbocycles. The van der Waals surface area contributed by atoms with Crippen LogP contribution in [0, 0.1) is 0 Å². The number of amides is 6. The summed E-state index contributed by atoms with van der Waals surface area (Å²) < 4.78 is 43.9. The van der Waals surface area contributed by atoms with E-state index in [4.69, 9.17) is 53.8 Å². The van der Waals surface area contributed by atoms with Crippen molar-refractivity contribution in [2.24, 2.45) is 5.73 Å². The van der Waals surface area contributed by atoms with E-state index >= 15 is 9.59 Å². The van der Waals surface area contributed by atoms with Gasteiger partial charge in [0.05, 0.1) is 48.4 Å². The summed E-state index contributed by atoms with van der Waals surface area (Å²) >= 11 is 4.49. The van der Waals surface area contributed by atoms with Crippen LogP contribution >= 0.6 is 56.7 Å². The van der Waals surface area contributed by atoms with Crippen LogP contribution in [0.5, 0.6) is 5.75 Å². The van der Waals surface area contributed by atoms with E-state index in [0.29, 0.717) is 4.73 Å². The number of hydrogen-bond donors (Lipinski definition) is 10. The molecule has 0 spiro atoms. The largest absolute Gasteiger partial charge is 0.506 e. The average molecular weight is 1410 g/mol. The maximum atomic E-state index is 15.1. The number of nitrogens with zero attached hydrogens (tertiary/aromatic N) is 7. The number of benzene rings is 1. The van der Waals surface area contributed by atoms with E-state index in [-0.39, 0.29) is 105 Å². The lowest BCUT2D eigenvalue weighted by atomic mass is 10.0. The molecule has 7 aromatic heterocycles. The third-order valence-electron chi connectivity index (χ3n) is 15.6. The van der Waals surface area contributed by atoms with Gasteiger partial charge in [0.2, 0.25) is 5.91 Å². The summed E-state index contributed by atoms with van der Waals surface area (Å²) in [7, 11) is 2.75. The minimum absolute atomic E-state index is 0.00453. The fraction of sp³-hybridized carbons (Fsp3) is 0.322. The number of fused-ring (bicyclic) bond motifs is 15. The summed E-state index contributed by atoms with van der Waals surface area (Å²) in [5.74, 6) is -8.31. The lowest BCUT2D eigenvalue weighted by molar-refractivity contribution is -0.301. The van der Waals surface area contributed by atoms with Crippen molar-refractivity contribution < 1.29 is 92.0 Å². The third kappa shape index (κ3) is 13.1. The second-order valence-corrected chi connectivity index (χ2v) is 26.0. The maximum absolute atomic E-state index is 15.1. The van der Waals surface area contributed by atoms with E-state index in [1.807, 2.05) is 0 Å². The monoisotopic (exact) mass is 1410 g/mol. The van der Waals surface area contributed by atoms with Gasteiger partial charge in [-0.25, -0.2) is 39.5 Å². The molecule has 11 heterocycles. The zero-order chi connectivity index (χ0) is 68.0. The van der Waals surface area contributed by atoms with Crippen LogP contribution in [0.25, 0.3) is 49.3 Å². The highest BCUT2D eigenvalue weighted by molar-refractivity contribution is 7.14. The molecule has 4 aliphatic heterocycles. The number of cyclic esters (lactones) is 2. The predicted molar refractivity (Wildman–Crippen MR) is 339 cm³/mol. The van der Waals surface area contributed by atoms with Gasteiger partial charge in [0.1, 0.15) is 114 Å². The summed E-state index contributed by atoms with van der Waals surface area (Å²) in [4.78, 5) is 141. The van der Waals surface area contributed by atoms with Gasteiger partial charge < -0.3 is 86.0 Å². The minimum Gasteiger partial charge on any atom is -0.506 e. The number of aliphatic hydroxyl groups is 2. The Bertz CT molecular complexity index is 4480. The first-order valence-electron chi connectivity index (χ1n) is 28.8. The van der Waals surface area contributed by atoms with Gasteiger partial charge in [-0.05, 0) is 31.5 Å². The van der Waals surface area contributed by atoms with Crippen molar-refractivity contribution in [2.45, 2.75) is 94.5 Å². The number of esters is 2. The van der Waals surface area contributed by atoms with Gasteiger partial charge >= 0.3 is 11.9 Å². The molecule has 8 aromatic rings. The van der Waals surface area contributed by atoms with Gasteiger partial charge in [-0.1, -0.05) is 24.8 Å². The Morgan fingerprint density at radius 1 is 0.844 bits per heavy atom. The van der Waals surface area contributed by atoms with Gasteiger partial charge in [-0.15, -0.1) is 56.7 Å². The van der Waals surface area contributed by atoms with Crippen LogP contribution in [-0.2, 0) is 60.8 Å². The summed E-state index contributed by atoms with van der Waals surface area (Å²) in [5.41, 5.74) is 3.61. The van der Waals surface area contributed by atoms with Crippen LogP contribution in [0.3, 0.4) is 0 Å². The average Bonchev–Trinajstić information content (AvgIpc) is 1.56. The molecule has 32 nitrogen and oxygen atoms in total. The first kappa shape index (κ1) is 66.6. The van der Waals surface area contributed by atoms with Crippen LogP contribution in [0.4, 0.5) is 0 Å². The Kier molecular flexibility index (Phi) is 19.3. The normalized spacial score (nSPS) is 23.4. The number of ether oxygens (including phenoxy) is 7. The van der Waals surface area contributed by atoms with Gasteiger partial charge in [0, 0.05) is 64.1 Å². The standard InChI is InChI=1S/C59H55N13O19S5/c1-6-27-53-66-33(18-94-53)50(80)71-41-44-45(91-59-43(86-5)36(85-4)10-24(12-73)90-59)58(83)88-13-23-8-7-9-34-37(23)26(14-87-44)42(72(34)84)57(82)89-15-28(63-48(78)31-20-96-56(41)68-31)54-64-29(16-93-54)39-25(52-65-32(17-92-52)49(79)70-38(22(3)74)51(81)62-27)11-35(75)40(69-39)55-67-30(19-95-55)47(77)61-21(2)46(60)76/h6-9,11,16-20,22,24,28,36,38,41,43-45,59,73-75,84H,2,10,12-15H2,1,3-5H3,(H2,60,76)(H,61,77)(H,62,81)(H,63,78)(H,70,79)(H,71,80)/b27-6-/t22?,24-,28?,36+,38?,41?,43-,44?,45?,59+/m1/s1. The molecular formula is C59H55N13O19S5. The van der Waals surface area contributed by atoms with E-state index in [2.05, 4.69) is 48.1 Å². The number of carbonyl (C=O) groups excluding carboxylic acids is 8. The Morgan fingerprint density at radius 3 is 2.26 bits per heavy atom. The van der Waals surface area contributed by atoms with Crippen molar-refractivity contribution in [3.8, 4) is 38.4 Å². The van der Waals surface area contributed by atoms with Crippen molar-refractivity contribution in [3.63, 3.8) is 0 Å². The number of nitrogens with two attached hydrogens (primary N) is 1. The molecule has 96 heavy (non-hydrogen) atoms. The molecule has 37 heteroatoms. The van der Waals surface area contributed by atoms with E-state index in [9.17, 15) is 49.3 Å². The number of aromatic nitrogens is 7. The Labute approximate surface area is 561 Å². The maximum Gasteiger partial charge on any atom is 0.358 e. The van der Waals surface area contributed by atoms with Gasteiger partial charge in [0.15, 0.2) is 18.1 Å². The molecule has 0 saturated carbocycles. The lowest BCUT2D eigenvalue weighted by Crippen LogP contribution is -2.56. The Balaban J connectivity index is 1.04. The predicted octanol–water partition coefficient (Wildman–Crippen LogP) is 3.24. The summed E-state index contributed by atoms with van der Waals surface area (Å²) in [6.45, 7) is 3.89. The number of rotatable bonds is 10. The lowest BCUT2D eigenvalue weighted by Gasteiger charge is -2.42. The topological polar surface area (TPSA) is 451 Å². The number of methoxy groups -OCH3 is 2. The third-order valence-corrected chi connectivity index (χ3v) is 20.1. The fourth-order valence-corrected chi connectivity index (χ4v) is 15.0. The molecule has 11 N–H and O–H groups in total. The van der Waals surface area contributed by atoms with E-state index < -0.39 is 152 Å². The highest BCUT2D eigenvalue weighted by atomic mass is 32.1. The van der Waals surface area contributed by atoms with Gasteiger partial charge in [0.25, 0.3) is 29.5 Å². The number of aromatic hydroxyl groups is 1.